The molecule has 1 amide bonds. The number of hydrogen-bond acceptors (Lipinski definition) is 4. The first-order valence-electron chi connectivity index (χ1n) is 11.5. The highest BCUT2D eigenvalue weighted by Crippen LogP contribution is 2.21. The Kier molecular flexibility index (Phi) is 8.32. The van der Waals surface area contributed by atoms with Crippen molar-refractivity contribution < 1.29 is 13.2 Å². The molecule has 0 radical (unpaired) electrons. The SMILES string of the molecule is Cc1ccccc1NS(=O)(=O)c1ccc(C)c(C(=O)NCCCCN2CCCC(C)C2)c1. The molecular formula is C25H35N3O3S. The molecule has 3 rings (SSSR count). The van der Waals surface area contributed by atoms with Crippen molar-refractivity contribution in [3.63, 3.8) is 0 Å². The minimum Gasteiger partial charge on any atom is -0.352 e. The van der Waals surface area contributed by atoms with Gasteiger partial charge in [-0.3, -0.25) is 9.52 Å². The summed E-state index contributed by atoms with van der Waals surface area (Å²) >= 11 is 0. The number of carbonyl (C=O) groups is 1. The molecule has 174 valence electrons. The van der Waals surface area contributed by atoms with Gasteiger partial charge in [0.1, 0.15) is 0 Å². The fraction of sp³-hybridized carbons (Fsp3) is 0.480. The molecule has 1 saturated heterocycles. The summed E-state index contributed by atoms with van der Waals surface area (Å²) in [5, 5.41) is 2.95. The third kappa shape index (κ3) is 6.56. The van der Waals surface area contributed by atoms with Gasteiger partial charge in [-0.05, 0) is 87.9 Å². The van der Waals surface area contributed by atoms with Crippen LogP contribution in [0.3, 0.4) is 0 Å². The molecule has 0 bridgehead atoms. The van der Waals surface area contributed by atoms with Crippen LogP contribution in [0.2, 0.25) is 0 Å². The lowest BCUT2D eigenvalue weighted by molar-refractivity contribution is 0.0951. The molecule has 1 heterocycles. The number of benzene rings is 2. The number of para-hydroxylation sites is 1. The first-order chi connectivity index (χ1) is 15.3. The molecule has 1 atom stereocenters. The quantitative estimate of drug-likeness (QED) is 0.549. The van der Waals surface area contributed by atoms with Gasteiger partial charge in [0.05, 0.1) is 10.6 Å². The van der Waals surface area contributed by atoms with E-state index in [9.17, 15) is 13.2 Å². The third-order valence-electron chi connectivity index (χ3n) is 6.08. The van der Waals surface area contributed by atoms with Gasteiger partial charge in [-0.25, -0.2) is 8.42 Å². The molecule has 6 nitrogen and oxygen atoms in total. The zero-order valence-corrected chi connectivity index (χ0v) is 20.2. The van der Waals surface area contributed by atoms with E-state index in [1.165, 1.54) is 38.1 Å². The number of piperidine rings is 1. The van der Waals surface area contributed by atoms with Gasteiger partial charge < -0.3 is 10.2 Å². The van der Waals surface area contributed by atoms with Crippen molar-refractivity contribution in [1.82, 2.24) is 10.2 Å². The highest BCUT2D eigenvalue weighted by atomic mass is 32.2. The minimum atomic E-state index is -3.79. The lowest BCUT2D eigenvalue weighted by Gasteiger charge is -2.30. The van der Waals surface area contributed by atoms with Crippen LogP contribution in [0.1, 0.15) is 54.1 Å². The van der Waals surface area contributed by atoms with E-state index < -0.39 is 10.0 Å². The topological polar surface area (TPSA) is 78.5 Å². The lowest BCUT2D eigenvalue weighted by atomic mass is 10.0. The Balaban J connectivity index is 1.56. The largest absolute Gasteiger partial charge is 0.352 e. The number of unbranched alkanes of at least 4 members (excludes halogenated alkanes) is 1. The second-order valence-corrected chi connectivity index (χ2v) is 10.6. The van der Waals surface area contributed by atoms with E-state index in [-0.39, 0.29) is 10.8 Å². The maximum absolute atomic E-state index is 12.9. The molecule has 2 aromatic rings. The van der Waals surface area contributed by atoms with Crippen LogP contribution in [-0.2, 0) is 10.0 Å². The molecule has 1 aliphatic heterocycles. The normalized spacial score (nSPS) is 17.2. The van der Waals surface area contributed by atoms with E-state index in [4.69, 9.17) is 0 Å². The fourth-order valence-corrected chi connectivity index (χ4v) is 5.31. The minimum absolute atomic E-state index is 0.0794. The Morgan fingerprint density at radius 3 is 2.62 bits per heavy atom. The highest BCUT2D eigenvalue weighted by Gasteiger charge is 2.19. The molecule has 2 N–H and O–H groups in total. The second kappa shape index (κ2) is 11.0. The Bertz CT molecular complexity index is 1040. The monoisotopic (exact) mass is 457 g/mol. The Hall–Kier alpha value is -2.38. The molecule has 32 heavy (non-hydrogen) atoms. The summed E-state index contributed by atoms with van der Waals surface area (Å²) in [7, 11) is -3.79. The molecule has 0 spiro atoms. The van der Waals surface area contributed by atoms with Crippen LogP contribution in [0.5, 0.6) is 0 Å². The molecule has 7 heteroatoms. The summed E-state index contributed by atoms with van der Waals surface area (Å²) < 4.78 is 28.3. The first kappa shape index (κ1) is 24.3. The summed E-state index contributed by atoms with van der Waals surface area (Å²) in [6.07, 6.45) is 4.54. The zero-order valence-electron chi connectivity index (χ0n) is 19.4. The zero-order chi connectivity index (χ0) is 23.1. The van der Waals surface area contributed by atoms with Gasteiger partial charge in [0, 0.05) is 18.7 Å². The van der Waals surface area contributed by atoms with E-state index in [1.807, 2.05) is 26.0 Å². The van der Waals surface area contributed by atoms with Crippen molar-refractivity contribution in [2.24, 2.45) is 5.92 Å². The number of nitrogens with zero attached hydrogens (tertiary/aromatic N) is 1. The van der Waals surface area contributed by atoms with E-state index in [0.29, 0.717) is 17.8 Å². The van der Waals surface area contributed by atoms with Crippen LogP contribution in [0.4, 0.5) is 5.69 Å². The number of anilines is 1. The Labute approximate surface area is 192 Å². The molecule has 1 fully saturated rings. The van der Waals surface area contributed by atoms with Gasteiger partial charge in [-0.2, -0.15) is 0 Å². The van der Waals surface area contributed by atoms with Crippen LogP contribution < -0.4 is 10.0 Å². The van der Waals surface area contributed by atoms with Gasteiger partial charge in [0.25, 0.3) is 15.9 Å². The van der Waals surface area contributed by atoms with Crippen LogP contribution in [0.15, 0.2) is 47.4 Å². The van der Waals surface area contributed by atoms with Crippen LogP contribution in [0.25, 0.3) is 0 Å². The van der Waals surface area contributed by atoms with E-state index in [1.54, 1.807) is 18.2 Å². The molecule has 0 saturated carbocycles. The van der Waals surface area contributed by atoms with Crippen LogP contribution >= 0.6 is 0 Å². The number of hydrogen-bond donors (Lipinski definition) is 2. The molecule has 0 aromatic heterocycles. The summed E-state index contributed by atoms with van der Waals surface area (Å²) in [5.41, 5.74) is 2.50. The molecular weight excluding hydrogens is 422 g/mol. The average Bonchev–Trinajstić information content (AvgIpc) is 2.75. The van der Waals surface area contributed by atoms with Crippen molar-refractivity contribution in [1.29, 1.82) is 0 Å². The average molecular weight is 458 g/mol. The lowest BCUT2D eigenvalue weighted by Crippen LogP contribution is -2.35. The number of aryl methyl sites for hydroxylation is 2. The third-order valence-corrected chi connectivity index (χ3v) is 7.44. The van der Waals surface area contributed by atoms with E-state index >= 15 is 0 Å². The smallest absolute Gasteiger partial charge is 0.261 e. The van der Waals surface area contributed by atoms with Gasteiger partial charge in [-0.15, -0.1) is 0 Å². The summed E-state index contributed by atoms with van der Waals surface area (Å²) in [6.45, 7) is 9.96. The maximum atomic E-state index is 12.9. The van der Waals surface area contributed by atoms with Gasteiger partial charge in [0.2, 0.25) is 0 Å². The molecule has 0 aliphatic carbocycles. The van der Waals surface area contributed by atoms with Crippen molar-refractivity contribution in [3.8, 4) is 0 Å². The molecule has 2 aromatic carbocycles. The fourth-order valence-electron chi connectivity index (χ4n) is 4.15. The Morgan fingerprint density at radius 1 is 1.09 bits per heavy atom. The summed E-state index contributed by atoms with van der Waals surface area (Å²) in [6, 6.07) is 11.9. The summed E-state index contributed by atoms with van der Waals surface area (Å²) in [4.78, 5) is 15.3. The first-order valence-corrected chi connectivity index (χ1v) is 12.9. The number of likely N-dealkylation sites (tertiary alicyclic amines) is 1. The van der Waals surface area contributed by atoms with Gasteiger partial charge in [-0.1, -0.05) is 31.2 Å². The standard InChI is InChI=1S/C25H35N3O3S/c1-19-9-8-16-28(18-19)15-7-6-14-26-25(29)23-17-22(13-12-20(23)2)32(30,31)27-24-11-5-4-10-21(24)3/h4-5,10-13,17,19,27H,6-9,14-16,18H2,1-3H3,(H,26,29). The second-order valence-electron chi connectivity index (χ2n) is 8.91. The maximum Gasteiger partial charge on any atom is 0.261 e. The highest BCUT2D eigenvalue weighted by molar-refractivity contribution is 7.92. The van der Waals surface area contributed by atoms with Crippen molar-refractivity contribution in [3.05, 3.63) is 59.2 Å². The number of rotatable bonds is 9. The van der Waals surface area contributed by atoms with E-state index in [0.717, 1.165) is 36.4 Å². The molecule has 1 aliphatic rings. The van der Waals surface area contributed by atoms with Crippen molar-refractivity contribution in [2.45, 2.75) is 51.3 Å². The Morgan fingerprint density at radius 2 is 1.88 bits per heavy atom. The van der Waals surface area contributed by atoms with Gasteiger partial charge in [0.15, 0.2) is 0 Å². The van der Waals surface area contributed by atoms with Gasteiger partial charge >= 0.3 is 0 Å². The predicted octanol–water partition coefficient (Wildman–Crippen LogP) is 4.35. The number of nitrogens with one attached hydrogen (secondary N) is 2. The van der Waals surface area contributed by atoms with Crippen molar-refractivity contribution >= 4 is 21.6 Å². The number of carbonyl (C=O) groups excluding carboxylic acids is 1. The van der Waals surface area contributed by atoms with Crippen molar-refractivity contribution in [2.75, 3.05) is 30.9 Å². The summed E-state index contributed by atoms with van der Waals surface area (Å²) in [5.74, 6) is 0.539. The van der Waals surface area contributed by atoms with Crippen LogP contribution in [-0.4, -0.2) is 45.4 Å². The van der Waals surface area contributed by atoms with E-state index in [2.05, 4.69) is 21.9 Å². The molecule has 1 unspecified atom stereocenters. The predicted molar refractivity (Wildman–Crippen MR) is 130 cm³/mol. The number of sulfonamides is 1. The number of amides is 1. The van der Waals surface area contributed by atoms with Crippen LogP contribution in [0, 0.1) is 19.8 Å².